The summed E-state index contributed by atoms with van der Waals surface area (Å²) in [6.07, 6.45) is 2.87. The number of pyridine rings is 1. The predicted molar refractivity (Wildman–Crippen MR) is 120 cm³/mol. The molecule has 4 rings (SSSR count). The van der Waals surface area contributed by atoms with E-state index >= 15 is 0 Å². The van der Waals surface area contributed by atoms with Gasteiger partial charge in [-0.2, -0.15) is 0 Å². The summed E-state index contributed by atoms with van der Waals surface area (Å²) < 4.78 is 13.1. The summed E-state index contributed by atoms with van der Waals surface area (Å²) in [6, 6.07) is 12.0. The highest BCUT2D eigenvalue weighted by Crippen LogP contribution is 2.33. The van der Waals surface area contributed by atoms with E-state index in [9.17, 15) is 14.0 Å². The van der Waals surface area contributed by atoms with E-state index in [0.717, 1.165) is 27.4 Å². The number of nitrogens with zero attached hydrogens (tertiary/aromatic N) is 3. The van der Waals surface area contributed by atoms with Crippen LogP contribution in [0.5, 0.6) is 0 Å². The molecule has 2 amide bonds. The molecule has 0 saturated carbocycles. The van der Waals surface area contributed by atoms with Gasteiger partial charge >= 0.3 is 6.03 Å². The average Bonchev–Trinajstić information content (AvgIpc) is 3.31. The third-order valence-electron chi connectivity index (χ3n) is 5.42. The van der Waals surface area contributed by atoms with E-state index < -0.39 is 0 Å². The average molecular weight is 438 g/mol. The monoisotopic (exact) mass is 437 g/mol. The summed E-state index contributed by atoms with van der Waals surface area (Å²) in [5, 5.41) is 0.796. The minimum Gasteiger partial charge on any atom is -0.318 e. The van der Waals surface area contributed by atoms with Crippen molar-refractivity contribution in [2.45, 2.75) is 33.2 Å². The first kappa shape index (κ1) is 21.2. The number of carbonyl (C=O) groups excluding carboxylic acids is 2. The first-order chi connectivity index (χ1) is 14.9. The molecule has 0 radical (unpaired) electrons. The van der Waals surface area contributed by atoms with Crippen LogP contribution in [0.2, 0.25) is 0 Å². The van der Waals surface area contributed by atoms with E-state index in [0.29, 0.717) is 37.4 Å². The van der Waals surface area contributed by atoms with Gasteiger partial charge in [0, 0.05) is 37.9 Å². The van der Waals surface area contributed by atoms with E-state index in [1.54, 1.807) is 21.9 Å². The van der Waals surface area contributed by atoms with Crippen LogP contribution in [0.15, 0.2) is 48.7 Å². The number of amides is 2. The van der Waals surface area contributed by atoms with Gasteiger partial charge < -0.3 is 4.90 Å². The van der Waals surface area contributed by atoms with Gasteiger partial charge in [0.15, 0.2) is 5.78 Å². The molecule has 5 nitrogen and oxygen atoms in total. The second-order valence-electron chi connectivity index (χ2n) is 7.81. The minimum atomic E-state index is -0.289. The lowest BCUT2D eigenvalue weighted by molar-refractivity contribution is 0.0986. The molecular formula is C24H24FN3O2S. The Morgan fingerprint density at radius 1 is 1.10 bits per heavy atom. The molecule has 1 aromatic carbocycles. The summed E-state index contributed by atoms with van der Waals surface area (Å²) in [4.78, 5) is 34.1. The number of rotatable bonds is 7. The normalized spacial score (nSPS) is 13.8. The standard InChI is InChI=1S/C24H24FN3O2S/c1-16-13-22(31-23(16)21(29)10-7-18-4-3-17(2)26-14-18)28-12-11-27(24(28)30)15-19-5-8-20(25)9-6-19/h3-6,8-9,13-14H,7,10-12,15H2,1-2H3. The summed E-state index contributed by atoms with van der Waals surface area (Å²) in [7, 11) is 0. The van der Waals surface area contributed by atoms with Crippen molar-refractivity contribution in [2.24, 2.45) is 0 Å². The maximum atomic E-state index is 13.1. The van der Waals surface area contributed by atoms with Gasteiger partial charge in [0.1, 0.15) is 5.82 Å². The zero-order valence-corrected chi connectivity index (χ0v) is 18.4. The van der Waals surface area contributed by atoms with E-state index in [1.165, 1.54) is 23.5 Å². The Hall–Kier alpha value is -3.06. The molecule has 1 saturated heterocycles. The van der Waals surface area contributed by atoms with Crippen molar-refractivity contribution < 1.29 is 14.0 Å². The number of urea groups is 1. The van der Waals surface area contributed by atoms with Crippen molar-refractivity contribution in [3.05, 3.63) is 81.7 Å². The van der Waals surface area contributed by atoms with Crippen LogP contribution < -0.4 is 4.90 Å². The highest BCUT2D eigenvalue weighted by molar-refractivity contribution is 7.18. The largest absolute Gasteiger partial charge is 0.325 e. The fourth-order valence-electron chi connectivity index (χ4n) is 3.64. The number of halogens is 1. The Labute approximate surface area is 185 Å². The van der Waals surface area contributed by atoms with Crippen molar-refractivity contribution in [3.63, 3.8) is 0 Å². The zero-order chi connectivity index (χ0) is 22.0. The molecule has 160 valence electrons. The molecule has 0 aliphatic carbocycles. The molecule has 0 N–H and O–H groups in total. The van der Waals surface area contributed by atoms with Crippen LogP contribution in [0.1, 0.15) is 38.5 Å². The van der Waals surface area contributed by atoms with Gasteiger partial charge in [-0.15, -0.1) is 11.3 Å². The van der Waals surface area contributed by atoms with Gasteiger partial charge in [0.25, 0.3) is 0 Å². The number of hydrogen-bond acceptors (Lipinski definition) is 4. The lowest BCUT2D eigenvalue weighted by Gasteiger charge is -2.17. The smallest absolute Gasteiger partial charge is 0.318 e. The third kappa shape index (κ3) is 4.82. The topological polar surface area (TPSA) is 53.5 Å². The summed E-state index contributed by atoms with van der Waals surface area (Å²) in [5.41, 5.74) is 3.79. The van der Waals surface area contributed by atoms with Crippen molar-refractivity contribution in [3.8, 4) is 0 Å². The van der Waals surface area contributed by atoms with Crippen LogP contribution in [0.3, 0.4) is 0 Å². The van der Waals surface area contributed by atoms with E-state index in [4.69, 9.17) is 0 Å². The van der Waals surface area contributed by atoms with E-state index in [1.807, 2.05) is 38.2 Å². The Bertz CT molecular complexity index is 1090. The van der Waals surface area contributed by atoms with Crippen LogP contribution in [0.4, 0.5) is 14.2 Å². The summed E-state index contributed by atoms with van der Waals surface area (Å²) in [6.45, 7) is 5.46. The van der Waals surface area contributed by atoms with Gasteiger partial charge in [-0.05, 0) is 61.2 Å². The minimum absolute atomic E-state index is 0.0872. The molecule has 1 aliphatic rings. The molecule has 0 atom stereocenters. The molecule has 7 heteroatoms. The molecule has 2 aromatic heterocycles. The molecule has 1 fully saturated rings. The van der Waals surface area contributed by atoms with Crippen molar-refractivity contribution in [1.82, 2.24) is 9.88 Å². The van der Waals surface area contributed by atoms with E-state index in [-0.39, 0.29) is 17.6 Å². The Balaban J connectivity index is 1.40. The van der Waals surface area contributed by atoms with Crippen LogP contribution in [0, 0.1) is 19.7 Å². The van der Waals surface area contributed by atoms with Gasteiger partial charge in [0.2, 0.25) is 0 Å². The fourth-order valence-corrected chi connectivity index (χ4v) is 4.80. The number of hydrogen-bond donors (Lipinski definition) is 0. The Kier molecular flexibility index (Phi) is 6.13. The molecule has 0 spiro atoms. The van der Waals surface area contributed by atoms with Crippen LogP contribution >= 0.6 is 11.3 Å². The molecule has 0 bridgehead atoms. The lowest BCUT2D eigenvalue weighted by atomic mass is 10.1. The van der Waals surface area contributed by atoms with Gasteiger partial charge in [-0.1, -0.05) is 18.2 Å². The maximum absolute atomic E-state index is 13.1. The number of thiophene rings is 1. The van der Waals surface area contributed by atoms with Crippen LogP contribution in [-0.2, 0) is 13.0 Å². The molecule has 3 heterocycles. The van der Waals surface area contributed by atoms with Crippen molar-refractivity contribution in [2.75, 3.05) is 18.0 Å². The van der Waals surface area contributed by atoms with Gasteiger partial charge in [-0.3, -0.25) is 14.7 Å². The predicted octanol–water partition coefficient (Wildman–Crippen LogP) is 5.16. The second kappa shape index (κ2) is 8.98. The van der Waals surface area contributed by atoms with Crippen molar-refractivity contribution >= 4 is 28.2 Å². The first-order valence-corrected chi connectivity index (χ1v) is 11.1. The zero-order valence-electron chi connectivity index (χ0n) is 17.6. The Morgan fingerprint density at radius 3 is 2.55 bits per heavy atom. The number of carbonyl (C=O) groups is 2. The number of ketones is 1. The Morgan fingerprint density at radius 2 is 1.84 bits per heavy atom. The maximum Gasteiger partial charge on any atom is 0.325 e. The van der Waals surface area contributed by atoms with Crippen LogP contribution in [-0.4, -0.2) is 34.8 Å². The number of aryl methyl sites for hydroxylation is 3. The second-order valence-corrected chi connectivity index (χ2v) is 8.84. The summed E-state index contributed by atoms with van der Waals surface area (Å²) in [5.74, 6) is -0.202. The number of Topliss-reactive ketones (excluding diaryl/α,β-unsaturated/α-hetero) is 1. The molecule has 0 unspecified atom stereocenters. The third-order valence-corrected chi connectivity index (χ3v) is 6.72. The molecular weight excluding hydrogens is 413 g/mol. The SMILES string of the molecule is Cc1ccc(CCC(=O)c2sc(N3CCN(Cc4ccc(F)cc4)C3=O)cc2C)cn1. The number of aromatic nitrogens is 1. The van der Waals surface area contributed by atoms with E-state index in [2.05, 4.69) is 4.98 Å². The fraction of sp³-hybridized carbons (Fsp3) is 0.292. The van der Waals surface area contributed by atoms with Crippen LogP contribution in [0.25, 0.3) is 0 Å². The highest BCUT2D eigenvalue weighted by Gasteiger charge is 2.31. The van der Waals surface area contributed by atoms with Crippen molar-refractivity contribution in [1.29, 1.82) is 0 Å². The lowest BCUT2D eigenvalue weighted by Crippen LogP contribution is -2.30. The molecule has 3 aromatic rings. The van der Waals surface area contributed by atoms with Gasteiger partial charge in [0.05, 0.1) is 9.88 Å². The highest BCUT2D eigenvalue weighted by atomic mass is 32.1. The molecule has 1 aliphatic heterocycles. The summed E-state index contributed by atoms with van der Waals surface area (Å²) >= 11 is 1.38. The molecule has 31 heavy (non-hydrogen) atoms. The quantitative estimate of drug-likeness (QED) is 0.480. The number of benzene rings is 1. The first-order valence-electron chi connectivity index (χ1n) is 10.3. The number of anilines is 1. The van der Waals surface area contributed by atoms with Gasteiger partial charge in [-0.25, -0.2) is 9.18 Å².